The first kappa shape index (κ1) is 17.6. The van der Waals surface area contributed by atoms with Crippen LogP contribution in [0.15, 0.2) is 55.1 Å². The van der Waals surface area contributed by atoms with E-state index >= 15 is 0 Å². The summed E-state index contributed by atoms with van der Waals surface area (Å²) < 4.78 is 22.2. The number of nitrogens with one attached hydrogen (secondary N) is 1. The topological polar surface area (TPSA) is 99.2 Å². The lowest BCUT2D eigenvalue weighted by Crippen LogP contribution is -2.31. The van der Waals surface area contributed by atoms with Gasteiger partial charge in [0, 0.05) is 17.8 Å². The van der Waals surface area contributed by atoms with Crippen LogP contribution in [0.25, 0.3) is 11.3 Å². The van der Waals surface area contributed by atoms with E-state index in [0.717, 1.165) is 5.56 Å². The van der Waals surface area contributed by atoms with Gasteiger partial charge in [0.05, 0.1) is 12.2 Å². The van der Waals surface area contributed by atoms with Gasteiger partial charge in [0.2, 0.25) is 5.88 Å². The van der Waals surface area contributed by atoms with Crippen LogP contribution in [0.2, 0.25) is 0 Å². The number of aromatic nitrogens is 6. The van der Waals surface area contributed by atoms with Crippen molar-refractivity contribution in [3.8, 4) is 11.6 Å². The Hall–Kier alpha value is -3.82. The standard InChI is InChI=1S/C18H16FN7O2/c1-12(13-8-21-25(9-13)15-5-3-2-4-14(15)19)22-17(27)10-28-18-7-6-16-23-20-11-26(16)24-18/h2-9,11-12H,10H2,1H3,(H,22,27). The molecular formula is C18H16FN7O2. The second-order valence-electron chi connectivity index (χ2n) is 6.05. The molecule has 4 rings (SSSR count). The Balaban J connectivity index is 1.36. The lowest BCUT2D eigenvalue weighted by molar-refractivity contribution is -0.123. The zero-order valence-electron chi connectivity index (χ0n) is 14.9. The maximum atomic E-state index is 13.9. The molecule has 1 unspecified atom stereocenters. The molecule has 0 fully saturated rings. The SMILES string of the molecule is CC(NC(=O)COc1ccc2nncn2n1)c1cnn(-c2ccccc2F)c1. The van der Waals surface area contributed by atoms with E-state index in [1.807, 2.05) is 6.92 Å². The number of rotatable bonds is 6. The van der Waals surface area contributed by atoms with Gasteiger partial charge in [-0.15, -0.1) is 15.3 Å². The molecular weight excluding hydrogens is 365 g/mol. The Kier molecular flexibility index (Phi) is 4.67. The first-order valence-electron chi connectivity index (χ1n) is 8.49. The summed E-state index contributed by atoms with van der Waals surface area (Å²) >= 11 is 0. The molecule has 0 saturated heterocycles. The van der Waals surface area contributed by atoms with Crippen molar-refractivity contribution in [1.29, 1.82) is 0 Å². The van der Waals surface area contributed by atoms with Crippen molar-refractivity contribution in [2.45, 2.75) is 13.0 Å². The summed E-state index contributed by atoms with van der Waals surface area (Å²) in [6.45, 7) is 1.61. The maximum Gasteiger partial charge on any atom is 0.258 e. The van der Waals surface area contributed by atoms with Crippen LogP contribution >= 0.6 is 0 Å². The minimum Gasteiger partial charge on any atom is -0.467 e. The molecule has 0 radical (unpaired) electrons. The van der Waals surface area contributed by atoms with E-state index in [4.69, 9.17) is 4.74 Å². The number of hydrogen-bond donors (Lipinski definition) is 1. The fourth-order valence-electron chi connectivity index (χ4n) is 2.62. The Morgan fingerprint density at radius 1 is 1.29 bits per heavy atom. The highest BCUT2D eigenvalue weighted by atomic mass is 19.1. The molecule has 1 amide bonds. The molecule has 0 bridgehead atoms. The van der Waals surface area contributed by atoms with E-state index in [1.54, 1.807) is 42.7 Å². The first-order valence-corrected chi connectivity index (χ1v) is 8.49. The monoisotopic (exact) mass is 381 g/mol. The molecule has 0 spiro atoms. The molecule has 1 N–H and O–H groups in total. The van der Waals surface area contributed by atoms with E-state index in [2.05, 4.69) is 25.7 Å². The van der Waals surface area contributed by atoms with Gasteiger partial charge in [0.15, 0.2) is 12.3 Å². The van der Waals surface area contributed by atoms with Gasteiger partial charge in [-0.1, -0.05) is 12.1 Å². The number of nitrogens with zero attached hydrogens (tertiary/aromatic N) is 6. The predicted molar refractivity (Wildman–Crippen MR) is 96.4 cm³/mol. The summed E-state index contributed by atoms with van der Waals surface area (Å²) in [6.07, 6.45) is 4.70. The van der Waals surface area contributed by atoms with Crippen molar-refractivity contribution in [2.24, 2.45) is 0 Å². The molecule has 1 aromatic carbocycles. The zero-order valence-corrected chi connectivity index (χ0v) is 14.9. The number of carbonyl (C=O) groups excluding carboxylic acids is 1. The third-order valence-electron chi connectivity index (χ3n) is 4.07. The molecule has 10 heteroatoms. The summed E-state index contributed by atoms with van der Waals surface area (Å²) in [6, 6.07) is 9.31. The minimum atomic E-state index is -0.375. The highest BCUT2D eigenvalue weighted by Gasteiger charge is 2.14. The Morgan fingerprint density at radius 2 is 2.14 bits per heavy atom. The number of benzene rings is 1. The molecule has 4 aromatic rings. The number of para-hydroxylation sites is 1. The summed E-state index contributed by atoms with van der Waals surface area (Å²) in [5.74, 6) is -0.418. The zero-order chi connectivity index (χ0) is 19.5. The number of ether oxygens (including phenoxy) is 1. The molecule has 142 valence electrons. The summed E-state index contributed by atoms with van der Waals surface area (Å²) in [5, 5.41) is 18.7. The third-order valence-corrected chi connectivity index (χ3v) is 4.07. The normalized spacial score (nSPS) is 12.1. The fraction of sp³-hybridized carbons (Fsp3) is 0.167. The van der Waals surface area contributed by atoms with Crippen molar-refractivity contribution in [3.63, 3.8) is 0 Å². The van der Waals surface area contributed by atoms with Crippen molar-refractivity contribution in [1.82, 2.24) is 34.9 Å². The van der Waals surface area contributed by atoms with Gasteiger partial charge in [-0.05, 0) is 25.1 Å². The van der Waals surface area contributed by atoms with Crippen molar-refractivity contribution in [2.75, 3.05) is 6.61 Å². The number of halogens is 1. The molecule has 3 aromatic heterocycles. The van der Waals surface area contributed by atoms with Crippen LogP contribution in [0, 0.1) is 5.82 Å². The van der Waals surface area contributed by atoms with Crippen LogP contribution in [-0.4, -0.2) is 42.1 Å². The van der Waals surface area contributed by atoms with Crippen LogP contribution < -0.4 is 10.1 Å². The molecule has 0 aliphatic rings. The van der Waals surface area contributed by atoms with E-state index in [0.29, 0.717) is 11.3 Å². The third kappa shape index (κ3) is 3.65. The molecule has 0 saturated carbocycles. The number of amides is 1. The van der Waals surface area contributed by atoms with Crippen molar-refractivity contribution >= 4 is 11.6 Å². The summed E-state index contributed by atoms with van der Waals surface area (Å²) in [5.41, 5.74) is 1.66. The molecule has 1 atom stereocenters. The van der Waals surface area contributed by atoms with Gasteiger partial charge in [0.25, 0.3) is 5.91 Å². The van der Waals surface area contributed by atoms with Gasteiger partial charge in [0.1, 0.15) is 17.8 Å². The fourth-order valence-corrected chi connectivity index (χ4v) is 2.62. The molecule has 0 aliphatic heterocycles. The Bertz CT molecular complexity index is 1120. The number of carbonyl (C=O) groups is 1. The quantitative estimate of drug-likeness (QED) is 0.546. The smallest absolute Gasteiger partial charge is 0.258 e. The van der Waals surface area contributed by atoms with Gasteiger partial charge >= 0.3 is 0 Å². The highest BCUT2D eigenvalue weighted by Crippen LogP contribution is 2.16. The first-order chi connectivity index (χ1) is 13.6. The van der Waals surface area contributed by atoms with Crippen LogP contribution in [0.4, 0.5) is 4.39 Å². The Morgan fingerprint density at radius 3 is 3.00 bits per heavy atom. The molecule has 28 heavy (non-hydrogen) atoms. The molecule has 0 aliphatic carbocycles. The highest BCUT2D eigenvalue weighted by molar-refractivity contribution is 5.77. The second-order valence-corrected chi connectivity index (χ2v) is 6.05. The Labute approximate surface area is 158 Å². The van der Waals surface area contributed by atoms with Crippen LogP contribution in [0.5, 0.6) is 5.88 Å². The van der Waals surface area contributed by atoms with Gasteiger partial charge in [-0.2, -0.15) is 9.61 Å². The summed E-state index contributed by atoms with van der Waals surface area (Å²) in [7, 11) is 0. The van der Waals surface area contributed by atoms with Crippen LogP contribution in [0.3, 0.4) is 0 Å². The minimum absolute atomic E-state index is 0.202. The lowest BCUT2D eigenvalue weighted by atomic mass is 10.2. The molecule has 9 nitrogen and oxygen atoms in total. The van der Waals surface area contributed by atoms with Gasteiger partial charge in [-0.25, -0.2) is 9.07 Å². The van der Waals surface area contributed by atoms with Crippen molar-refractivity contribution in [3.05, 3.63) is 66.5 Å². The van der Waals surface area contributed by atoms with Crippen molar-refractivity contribution < 1.29 is 13.9 Å². The van der Waals surface area contributed by atoms with Gasteiger partial charge in [-0.3, -0.25) is 4.79 Å². The van der Waals surface area contributed by atoms with E-state index in [9.17, 15) is 9.18 Å². The second kappa shape index (κ2) is 7.43. The van der Waals surface area contributed by atoms with E-state index < -0.39 is 0 Å². The predicted octanol–water partition coefficient (Wildman–Crippen LogP) is 1.71. The molecule has 3 heterocycles. The van der Waals surface area contributed by atoms with Crippen LogP contribution in [0.1, 0.15) is 18.5 Å². The average Bonchev–Trinajstić information content (AvgIpc) is 3.36. The number of hydrogen-bond acceptors (Lipinski definition) is 6. The van der Waals surface area contributed by atoms with E-state index in [-0.39, 0.29) is 30.3 Å². The van der Waals surface area contributed by atoms with Crippen LogP contribution in [-0.2, 0) is 4.79 Å². The largest absolute Gasteiger partial charge is 0.467 e. The van der Waals surface area contributed by atoms with E-state index in [1.165, 1.54) is 21.6 Å². The number of fused-ring (bicyclic) bond motifs is 1. The lowest BCUT2D eigenvalue weighted by Gasteiger charge is -2.12. The summed E-state index contributed by atoms with van der Waals surface area (Å²) in [4.78, 5) is 12.2. The maximum absolute atomic E-state index is 13.9. The average molecular weight is 381 g/mol. The van der Waals surface area contributed by atoms with Gasteiger partial charge < -0.3 is 10.1 Å².